The number of hydrogen-bond acceptors (Lipinski definition) is 3. The molecule has 0 spiro atoms. The number of nitrogens with two attached hydrogens (primary N) is 1. The molecule has 0 bridgehead atoms. The van der Waals surface area contributed by atoms with E-state index in [1.54, 1.807) is 12.1 Å². The topological polar surface area (TPSA) is 58.4 Å². The van der Waals surface area contributed by atoms with Crippen LogP contribution in [-0.2, 0) is 4.79 Å². The van der Waals surface area contributed by atoms with Crippen LogP contribution in [0, 0.1) is 0 Å². The predicted molar refractivity (Wildman–Crippen MR) is 71.9 cm³/mol. The fraction of sp³-hybridized carbons (Fsp3) is 0.462. The molecule has 0 atom stereocenters. The molecular weight excluding hydrogens is 214 g/mol. The number of hydrogen-bond donors (Lipinski definition) is 2. The zero-order chi connectivity index (χ0) is 12.7. The molecule has 4 nitrogen and oxygen atoms in total. The summed E-state index contributed by atoms with van der Waals surface area (Å²) in [5, 5.41) is 2.86. The molecule has 94 valence electrons. The number of benzene rings is 1. The van der Waals surface area contributed by atoms with Crippen molar-refractivity contribution in [2.24, 2.45) is 0 Å². The van der Waals surface area contributed by atoms with Gasteiger partial charge in [-0.3, -0.25) is 9.69 Å². The van der Waals surface area contributed by atoms with Gasteiger partial charge in [-0.2, -0.15) is 0 Å². The van der Waals surface area contributed by atoms with Crippen LogP contribution in [0.5, 0.6) is 0 Å². The van der Waals surface area contributed by atoms with E-state index in [4.69, 9.17) is 5.73 Å². The highest BCUT2D eigenvalue weighted by Gasteiger charge is 2.07. The SMILES string of the molecule is CCCN(CC)CC(=O)Nc1ccc(N)cc1. The van der Waals surface area contributed by atoms with E-state index in [1.165, 1.54) is 0 Å². The Labute approximate surface area is 103 Å². The van der Waals surface area contributed by atoms with E-state index in [1.807, 2.05) is 12.1 Å². The monoisotopic (exact) mass is 235 g/mol. The average molecular weight is 235 g/mol. The second kappa shape index (κ2) is 6.91. The van der Waals surface area contributed by atoms with Gasteiger partial charge in [0.15, 0.2) is 0 Å². The summed E-state index contributed by atoms with van der Waals surface area (Å²) >= 11 is 0. The van der Waals surface area contributed by atoms with Crippen molar-refractivity contribution in [3.8, 4) is 0 Å². The molecule has 0 aliphatic rings. The summed E-state index contributed by atoms with van der Waals surface area (Å²) in [6, 6.07) is 7.17. The Bertz CT molecular complexity index is 348. The Kier molecular flexibility index (Phi) is 5.49. The molecule has 1 rings (SSSR count). The number of carbonyl (C=O) groups is 1. The lowest BCUT2D eigenvalue weighted by atomic mass is 10.3. The van der Waals surface area contributed by atoms with Crippen LogP contribution in [0.2, 0.25) is 0 Å². The highest BCUT2D eigenvalue weighted by molar-refractivity contribution is 5.92. The van der Waals surface area contributed by atoms with Crippen LogP contribution in [-0.4, -0.2) is 30.4 Å². The van der Waals surface area contributed by atoms with Gasteiger partial charge in [0.05, 0.1) is 6.54 Å². The smallest absolute Gasteiger partial charge is 0.238 e. The van der Waals surface area contributed by atoms with Crippen LogP contribution >= 0.6 is 0 Å². The molecule has 0 radical (unpaired) electrons. The van der Waals surface area contributed by atoms with Crippen LogP contribution in [0.25, 0.3) is 0 Å². The zero-order valence-corrected chi connectivity index (χ0v) is 10.6. The van der Waals surface area contributed by atoms with Crippen LogP contribution in [0.1, 0.15) is 20.3 Å². The van der Waals surface area contributed by atoms with Crippen molar-refractivity contribution in [3.05, 3.63) is 24.3 Å². The molecule has 0 saturated carbocycles. The Morgan fingerprint density at radius 1 is 1.29 bits per heavy atom. The molecule has 1 amide bonds. The molecule has 0 heterocycles. The fourth-order valence-electron chi connectivity index (χ4n) is 1.64. The zero-order valence-electron chi connectivity index (χ0n) is 10.6. The maximum atomic E-state index is 11.8. The van der Waals surface area contributed by atoms with E-state index in [0.717, 1.165) is 25.2 Å². The van der Waals surface area contributed by atoms with E-state index < -0.39 is 0 Å². The second-order valence-corrected chi connectivity index (χ2v) is 4.04. The first-order valence-electron chi connectivity index (χ1n) is 6.03. The van der Waals surface area contributed by atoms with E-state index in [9.17, 15) is 4.79 Å². The molecule has 1 aromatic carbocycles. The quantitative estimate of drug-likeness (QED) is 0.741. The molecule has 0 aliphatic heterocycles. The van der Waals surface area contributed by atoms with Crippen molar-refractivity contribution in [3.63, 3.8) is 0 Å². The molecule has 0 fully saturated rings. The predicted octanol–water partition coefficient (Wildman–Crippen LogP) is 1.94. The molecule has 0 saturated heterocycles. The first kappa shape index (κ1) is 13.5. The molecule has 0 aliphatic carbocycles. The van der Waals surface area contributed by atoms with Crippen LogP contribution in [0.4, 0.5) is 11.4 Å². The van der Waals surface area contributed by atoms with Gasteiger partial charge < -0.3 is 11.1 Å². The van der Waals surface area contributed by atoms with Crippen LogP contribution in [0.3, 0.4) is 0 Å². The van der Waals surface area contributed by atoms with Crippen LogP contribution < -0.4 is 11.1 Å². The summed E-state index contributed by atoms with van der Waals surface area (Å²) in [6.45, 7) is 6.45. The van der Waals surface area contributed by atoms with Gasteiger partial charge >= 0.3 is 0 Å². The average Bonchev–Trinajstić information content (AvgIpc) is 2.31. The molecule has 3 N–H and O–H groups in total. The van der Waals surface area contributed by atoms with Gasteiger partial charge in [0.1, 0.15) is 0 Å². The fourth-order valence-corrected chi connectivity index (χ4v) is 1.64. The van der Waals surface area contributed by atoms with Crippen molar-refractivity contribution in [1.29, 1.82) is 0 Å². The van der Waals surface area contributed by atoms with Crippen molar-refractivity contribution >= 4 is 17.3 Å². The third-order valence-electron chi connectivity index (χ3n) is 2.55. The minimum Gasteiger partial charge on any atom is -0.399 e. The molecule has 4 heteroatoms. The maximum Gasteiger partial charge on any atom is 0.238 e. The van der Waals surface area contributed by atoms with Gasteiger partial charge in [-0.25, -0.2) is 0 Å². The lowest BCUT2D eigenvalue weighted by Crippen LogP contribution is -2.33. The summed E-state index contributed by atoms with van der Waals surface area (Å²) < 4.78 is 0. The standard InChI is InChI=1S/C13H21N3O/c1-3-9-16(4-2)10-13(17)15-12-7-5-11(14)6-8-12/h5-8H,3-4,9-10,14H2,1-2H3,(H,15,17). The second-order valence-electron chi connectivity index (χ2n) is 4.04. The van der Waals surface area contributed by atoms with Gasteiger partial charge in [0.25, 0.3) is 0 Å². The summed E-state index contributed by atoms with van der Waals surface area (Å²) in [4.78, 5) is 13.9. The minimum absolute atomic E-state index is 0.0186. The van der Waals surface area contributed by atoms with Gasteiger partial charge in [0, 0.05) is 11.4 Å². The number of carbonyl (C=O) groups excluding carboxylic acids is 1. The summed E-state index contributed by atoms with van der Waals surface area (Å²) in [7, 11) is 0. The number of amides is 1. The van der Waals surface area contributed by atoms with E-state index in [0.29, 0.717) is 12.2 Å². The third kappa shape index (κ3) is 4.87. The van der Waals surface area contributed by atoms with Crippen molar-refractivity contribution in [2.45, 2.75) is 20.3 Å². The van der Waals surface area contributed by atoms with Crippen molar-refractivity contribution < 1.29 is 4.79 Å². The normalized spacial score (nSPS) is 10.5. The van der Waals surface area contributed by atoms with Crippen molar-refractivity contribution in [1.82, 2.24) is 4.90 Å². The van der Waals surface area contributed by atoms with Gasteiger partial charge in [-0.15, -0.1) is 0 Å². The Morgan fingerprint density at radius 2 is 1.94 bits per heavy atom. The molecular formula is C13H21N3O. The summed E-state index contributed by atoms with van der Waals surface area (Å²) in [5.41, 5.74) is 7.07. The molecule has 0 aromatic heterocycles. The Hall–Kier alpha value is -1.55. The van der Waals surface area contributed by atoms with Gasteiger partial charge in [-0.05, 0) is 43.8 Å². The largest absolute Gasteiger partial charge is 0.399 e. The van der Waals surface area contributed by atoms with Crippen molar-refractivity contribution in [2.75, 3.05) is 30.7 Å². The highest BCUT2D eigenvalue weighted by atomic mass is 16.2. The third-order valence-corrected chi connectivity index (χ3v) is 2.55. The first-order valence-corrected chi connectivity index (χ1v) is 6.03. The van der Waals surface area contributed by atoms with E-state index in [-0.39, 0.29) is 5.91 Å². The van der Waals surface area contributed by atoms with Gasteiger partial charge in [-0.1, -0.05) is 13.8 Å². The van der Waals surface area contributed by atoms with Crippen LogP contribution in [0.15, 0.2) is 24.3 Å². The minimum atomic E-state index is 0.0186. The van der Waals surface area contributed by atoms with Gasteiger partial charge in [0.2, 0.25) is 5.91 Å². The first-order chi connectivity index (χ1) is 8.15. The Morgan fingerprint density at radius 3 is 2.47 bits per heavy atom. The van der Waals surface area contributed by atoms with E-state index >= 15 is 0 Å². The Balaban J connectivity index is 2.46. The number of anilines is 2. The molecule has 1 aromatic rings. The molecule has 17 heavy (non-hydrogen) atoms. The summed E-state index contributed by atoms with van der Waals surface area (Å²) in [6.07, 6.45) is 1.06. The number of rotatable bonds is 6. The summed E-state index contributed by atoms with van der Waals surface area (Å²) in [5.74, 6) is 0.0186. The highest BCUT2D eigenvalue weighted by Crippen LogP contribution is 2.10. The number of nitrogens with one attached hydrogen (secondary N) is 1. The number of likely N-dealkylation sites (N-methyl/N-ethyl adjacent to an activating group) is 1. The number of nitrogen functional groups attached to an aromatic ring is 1. The lowest BCUT2D eigenvalue weighted by molar-refractivity contribution is -0.117. The lowest BCUT2D eigenvalue weighted by Gasteiger charge is -2.18. The number of nitrogens with zero attached hydrogens (tertiary/aromatic N) is 1. The van der Waals surface area contributed by atoms with E-state index in [2.05, 4.69) is 24.1 Å². The molecule has 0 unspecified atom stereocenters. The maximum absolute atomic E-state index is 11.8.